The molecule has 3 atom stereocenters. The lowest BCUT2D eigenvalue weighted by atomic mass is 9.72. The lowest BCUT2D eigenvalue weighted by molar-refractivity contribution is -0.129. The number of amides is 3. The van der Waals surface area contributed by atoms with E-state index in [0.717, 1.165) is 18.4 Å². The van der Waals surface area contributed by atoms with Crippen LogP contribution in [0.25, 0.3) is 0 Å². The van der Waals surface area contributed by atoms with E-state index >= 15 is 0 Å². The van der Waals surface area contributed by atoms with Gasteiger partial charge in [-0.05, 0) is 25.0 Å². The lowest BCUT2D eigenvalue weighted by Crippen LogP contribution is -2.62. The van der Waals surface area contributed by atoms with E-state index in [9.17, 15) is 19.5 Å². The van der Waals surface area contributed by atoms with Gasteiger partial charge in [0.25, 0.3) is 5.91 Å². The summed E-state index contributed by atoms with van der Waals surface area (Å²) < 4.78 is 5.41. The molecule has 0 radical (unpaired) electrons. The second-order valence-corrected chi connectivity index (χ2v) is 7.66. The van der Waals surface area contributed by atoms with Crippen molar-refractivity contribution in [2.24, 2.45) is 5.92 Å². The first kappa shape index (κ1) is 21.1. The number of nitrogens with one attached hydrogen (secondary N) is 1. The molecule has 1 fully saturated rings. The van der Waals surface area contributed by atoms with E-state index in [-0.39, 0.29) is 38.1 Å². The van der Waals surface area contributed by atoms with Gasteiger partial charge in [0.05, 0.1) is 19.1 Å². The number of hydrogen-bond donors (Lipinski definition) is 2. The maximum Gasteiger partial charge on any atom is 0.410 e. The van der Waals surface area contributed by atoms with Gasteiger partial charge in [0.15, 0.2) is 0 Å². The monoisotopic (exact) mass is 403 g/mol. The number of carbonyl (C=O) groups is 3. The van der Waals surface area contributed by atoms with Crippen LogP contribution in [0.3, 0.4) is 0 Å². The molecule has 8 nitrogen and oxygen atoms in total. The Morgan fingerprint density at radius 3 is 2.72 bits per heavy atom. The molecule has 0 unspecified atom stereocenters. The van der Waals surface area contributed by atoms with Crippen molar-refractivity contribution in [3.05, 3.63) is 29.8 Å². The molecular formula is C21H29N3O5. The van der Waals surface area contributed by atoms with Crippen LogP contribution in [0, 0.1) is 5.92 Å². The molecule has 3 amide bonds. The van der Waals surface area contributed by atoms with Crippen molar-refractivity contribution in [3.63, 3.8) is 0 Å². The third kappa shape index (κ3) is 3.35. The zero-order chi connectivity index (χ0) is 21.2. The van der Waals surface area contributed by atoms with Gasteiger partial charge in [0, 0.05) is 31.7 Å². The van der Waals surface area contributed by atoms with Crippen LogP contribution < -0.4 is 10.2 Å². The predicted octanol–water partition coefficient (Wildman–Crippen LogP) is 1.48. The van der Waals surface area contributed by atoms with Gasteiger partial charge in [-0.25, -0.2) is 4.79 Å². The summed E-state index contributed by atoms with van der Waals surface area (Å²) in [6.07, 6.45) is 1.02. The minimum Gasteiger partial charge on any atom is -0.449 e. The second kappa shape index (κ2) is 8.41. The van der Waals surface area contributed by atoms with Crippen molar-refractivity contribution in [1.29, 1.82) is 0 Å². The van der Waals surface area contributed by atoms with Gasteiger partial charge in [0.2, 0.25) is 5.91 Å². The number of benzene rings is 1. The zero-order valence-electron chi connectivity index (χ0n) is 17.2. The van der Waals surface area contributed by atoms with Crippen molar-refractivity contribution in [2.45, 2.75) is 38.1 Å². The van der Waals surface area contributed by atoms with E-state index in [0.29, 0.717) is 5.69 Å². The number of para-hydroxylation sites is 1. The van der Waals surface area contributed by atoms with Gasteiger partial charge in [-0.2, -0.15) is 0 Å². The molecule has 0 aromatic heterocycles. The first-order valence-corrected chi connectivity index (χ1v) is 10.1. The normalized spacial score (nSPS) is 25.4. The molecule has 0 saturated carbocycles. The summed E-state index contributed by atoms with van der Waals surface area (Å²) in [4.78, 5) is 42.1. The van der Waals surface area contributed by atoms with Gasteiger partial charge >= 0.3 is 6.09 Å². The Labute approximate surface area is 170 Å². The molecule has 0 bridgehead atoms. The molecule has 2 heterocycles. The number of unbranched alkanes of at least 4 members (excludes halogenated alkanes) is 1. The average Bonchev–Trinajstić information content (AvgIpc) is 3.05. The fourth-order valence-corrected chi connectivity index (χ4v) is 4.59. The molecule has 158 valence electrons. The number of hydrogen-bond acceptors (Lipinski definition) is 5. The fourth-order valence-electron chi connectivity index (χ4n) is 4.59. The van der Waals surface area contributed by atoms with E-state index in [4.69, 9.17) is 4.74 Å². The molecule has 0 aliphatic carbocycles. The number of rotatable bonds is 6. The predicted molar refractivity (Wildman–Crippen MR) is 108 cm³/mol. The van der Waals surface area contributed by atoms with Gasteiger partial charge in [-0.15, -0.1) is 0 Å². The van der Waals surface area contributed by atoms with E-state index < -0.39 is 23.5 Å². The van der Waals surface area contributed by atoms with Gasteiger partial charge in [-0.3, -0.25) is 14.5 Å². The molecule has 3 rings (SSSR count). The van der Waals surface area contributed by atoms with Crippen LogP contribution in [0.5, 0.6) is 0 Å². The van der Waals surface area contributed by atoms with E-state index in [1.165, 1.54) is 9.80 Å². The Kier molecular flexibility index (Phi) is 6.12. The van der Waals surface area contributed by atoms with Crippen molar-refractivity contribution < 1.29 is 24.2 Å². The highest BCUT2D eigenvalue weighted by Gasteiger charge is 2.63. The van der Waals surface area contributed by atoms with E-state index in [1.807, 2.05) is 31.2 Å². The van der Waals surface area contributed by atoms with Crippen LogP contribution >= 0.6 is 0 Å². The smallest absolute Gasteiger partial charge is 0.410 e. The number of anilines is 1. The molecule has 1 aromatic carbocycles. The maximum atomic E-state index is 13.6. The molecular weight excluding hydrogens is 374 g/mol. The summed E-state index contributed by atoms with van der Waals surface area (Å²) >= 11 is 0. The number of likely N-dealkylation sites (tertiary alicyclic amines) is 1. The number of aliphatic hydroxyl groups excluding tert-OH is 1. The summed E-state index contributed by atoms with van der Waals surface area (Å²) in [5, 5.41) is 12.2. The number of ether oxygens (including phenoxy) is 1. The molecule has 2 aliphatic heterocycles. The molecule has 8 heteroatoms. The summed E-state index contributed by atoms with van der Waals surface area (Å²) in [6, 6.07) is 7.37. The highest BCUT2D eigenvalue weighted by molar-refractivity contribution is 6.07. The molecule has 1 aromatic rings. The lowest BCUT2D eigenvalue weighted by Gasteiger charge is -2.46. The number of aliphatic hydroxyl groups is 1. The molecule has 1 saturated heterocycles. The van der Waals surface area contributed by atoms with Crippen LogP contribution in [0.4, 0.5) is 10.5 Å². The second-order valence-electron chi connectivity index (χ2n) is 7.66. The highest BCUT2D eigenvalue weighted by atomic mass is 16.6. The minimum absolute atomic E-state index is 0.0961. The molecule has 2 aliphatic rings. The Morgan fingerprint density at radius 1 is 1.34 bits per heavy atom. The van der Waals surface area contributed by atoms with Crippen LogP contribution in [-0.2, 0) is 14.3 Å². The Morgan fingerprint density at radius 2 is 2.07 bits per heavy atom. The SMILES string of the molecule is CCCCOC(=O)N1C[C@H](C(=O)NC)[C@H]2c3ccccc3N(CCO)C(=O)[C@]21C. The van der Waals surface area contributed by atoms with Crippen molar-refractivity contribution in [1.82, 2.24) is 10.2 Å². The summed E-state index contributed by atoms with van der Waals surface area (Å²) in [5.41, 5.74) is 0.217. The fraction of sp³-hybridized carbons (Fsp3) is 0.571. The van der Waals surface area contributed by atoms with Crippen molar-refractivity contribution in [2.75, 3.05) is 38.3 Å². The Bertz CT molecular complexity index is 798. The topological polar surface area (TPSA) is 99.2 Å². The quantitative estimate of drug-likeness (QED) is 0.701. The third-order valence-electron chi connectivity index (χ3n) is 6.04. The molecule has 29 heavy (non-hydrogen) atoms. The van der Waals surface area contributed by atoms with Crippen molar-refractivity contribution in [3.8, 4) is 0 Å². The minimum atomic E-state index is -1.27. The standard InChI is InChI=1S/C21H29N3O5/c1-4-5-12-29-20(28)24-13-15(18(26)22-3)17-14-8-6-7-9-16(14)23(10-11-25)19(27)21(17,24)2/h6-9,15,17,25H,4-5,10-13H2,1-3H3,(H,22,26)/t15-,17+,21-/m0/s1. The first-order valence-electron chi connectivity index (χ1n) is 10.1. The zero-order valence-corrected chi connectivity index (χ0v) is 17.2. The highest BCUT2D eigenvalue weighted by Crippen LogP contribution is 2.53. The number of carbonyl (C=O) groups excluding carboxylic acids is 3. The Hall–Kier alpha value is -2.61. The third-order valence-corrected chi connectivity index (χ3v) is 6.04. The number of fused-ring (bicyclic) bond motifs is 3. The average molecular weight is 403 g/mol. The summed E-state index contributed by atoms with van der Waals surface area (Å²) in [5.74, 6) is -1.61. The number of nitrogens with zero attached hydrogens (tertiary/aromatic N) is 2. The Balaban J connectivity index is 2.10. The molecule has 0 spiro atoms. The van der Waals surface area contributed by atoms with Crippen LogP contribution in [0.2, 0.25) is 0 Å². The van der Waals surface area contributed by atoms with Gasteiger partial charge < -0.3 is 20.1 Å². The number of β-amino-alcohol motifs (C(OH)–C–C–N with tert-alkyl or cyclic N) is 1. The first-order chi connectivity index (χ1) is 13.9. The van der Waals surface area contributed by atoms with Gasteiger partial charge in [0.1, 0.15) is 5.54 Å². The van der Waals surface area contributed by atoms with Crippen LogP contribution in [-0.4, -0.2) is 66.8 Å². The van der Waals surface area contributed by atoms with Crippen LogP contribution in [0.1, 0.15) is 38.2 Å². The van der Waals surface area contributed by atoms with Gasteiger partial charge in [-0.1, -0.05) is 31.5 Å². The summed E-state index contributed by atoms with van der Waals surface area (Å²) in [6.45, 7) is 3.96. The van der Waals surface area contributed by atoms with E-state index in [2.05, 4.69) is 5.32 Å². The van der Waals surface area contributed by atoms with E-state index in [1.54, 1.807) is 14.0 Å². The largest absolute Gasteiger partial charge is 0.449 e. The van der Waals surface area contributed by atoms with Crippen molar-refractivity contribution >= 4 is 23.6 Å². The van der Waals surface area contributed by atoms with Crippen LogP contribution in [0.15, 0.2) is 24.3 Å². The maximum absolute atomic E-state index is 13.6. The molecule has 2 N–H and O–H groups in total. The summed E-state index contributed by atoms with van der Waals surface area (Å²) in [7, 11) is 1.55.